The molecule has 0 saturated heterocycles. The van der Waals surface area contributed by atoms with Gasteiger partial charge in [0.1, 0.15) is 6.10 Å². The molecule has 0 amide bonds. The third kappa shape index (κ3) is 5.20. The zero-order valence-electron chi connectivity index (χ0n) is 16.3. The van der Waals surface area contributed by atoms with Gasteiger partial charge in [-0.2, -0.15) is 0 Å². The fourth-order valence-electron chi connectivity index (χ4n) is 2.91. The molecular weight excluding hydrogens is 348 g/mol. The highest BCUT2D eigenvalue weighted by Gasteiger charge is 2.20. The molecule has 2 aromatic rings. The van der Waals surface area contributed by atoms with Gasteiger partial charge in [-0.25, -0.2) is 0 Å². The second-order valence-electron chi connectivity index (χ2n) is 6.21. The first kappa shape index (κ1) is 20.7. The first-order chi connectivity index (χ1) is 13.1. The number of phenols is 1. The topological polar surface area (TPSA) is 77.4 Å². The standard InChI is InChI=1S/C21H28O6/c1-5-6-14-11-19(25-3)21(20(12-14)26-4)27-16(13-22)9-15-7-8-17(23)18(10-15)24-2/h7-8,10-12,16,22-23H,5-6,9,13H2,1-4H3. The van der Waals surface area contributed by atoms with Crippen molar-refractivity contribution in [1.82, 2.24) is 0 Å². The summed E-state index contributed by atoms with van der Waals surface area (Å²) in [6.45, 7) is 1.92. The van der Waals surface area contributed by atoms with Crippen LogP contribution in [0.25, 0.3) is 0 Å². The van der Waals surface area contributed by atoms with E-state index in [0.29, 0.717) is 29.4 Å². The van der Waals surface area contributed by atoms with Crippen LogP contribution in [0.15, 0.2) is 30.3 Å². The number of rotatable bonds is 10. The van der Waals surface area contributed by atoms with Crippen LogP contribution in [0.5, 0.6) is 28.7 Å². The molecule has 2 N–H and O–H groups in total. The van der Waals surface area contributed by atoms with E-state index in [2.05, 4.69) is 6.92 Å². The van der Waals surface area contributed by atoms with E-state index in [1.54, 1.807) is 32.4 Å². The Labute approximate surface area is 160 Å². The zero-order valence-corrected chi connectivity index (χ0v) is 16.3. The van der Waals surface area contributed by atoms with Crippen LogP contribution in [-0.2, 0) is 12.8 Å². The van der Waals surface area contributed by atoms with Gasteiger partial charge in [0.2, 0.25) is 5.75 Å². The number of methoxy groups -OCH3 is 3. The maximum Gasteiger partial charge on any atom is 0.203 e. The SMILES string of the molecule is CCCc1cc(OC)c(OC(CO)Cc2ccc(O)c(OC)c2)c(OC)c1. The molecule has 27 heavy (non-hydrogen) atoms. The predicted octanol–water partition coefficient (Wildman–Crippen LogP) is 3.35. The average Bonchev–Trinajstić information content (AvgIpc) is 2.69. The Kier molecular flexibility index (Phi) is 7.61. The Bertz CT molecular complexity index is 718. The van der Waals surface area contributed by atoms with Gasteiger partial charge in [0, 0.05) is 6.42 Å². The third-order valence-electron chi connectivity index (χ3n) is 4.25. The van der Waals surface area contributed by atoms with Crippen molar-refractivity contribution in [3.05, 3.63) is 41.5 Å². The van der Waals surface area contributed by atoms with Crippen LogP contribution in [0.3, 0.4) is 0 Å². The molecule has 6 heteroatoms. The molecule has 2 rings (SSSR count). The van der Waals surface area contributed by atoms with Gasteiger partial charge in [0.25, 0.3) is 0 Å². The van der Waals surface area contributed by atoms with Crippen molar-refractivity contribution < 1.29 is 29.2 Å². The van der Waals surface area contributed by atoms with E-state index in [1.165, 1.54) is 7.11 Å². The highest BCUT2D eigenvalue weighted by Crippen LogP contribution is 2.40. The Morgan fingerprint density at radius 1 is 0.889 bits per heavy atom. The van der Waals surface area contributed by atoms with E-state index in [4.69, 9.17) is 18.9 Å². The first-order valence-electron chi connectivity index (χ1n) is 8.94. The highest BCUT2D eigenvalue weighted by atomic mass is 16.5. The maximum atomic E-state index is 9.81. The lowest BCUT2D eigenvalue weighted by Gasteiger charge is -2.22. The minimum atomic E-state index is -0.515. The first-order valence-corrected chi connectivity index (χ1v) is 8.94. The average molecular weight is 376 g/mol. The molecule has 0 bridgehead atoms. The molecule has 2 aromatic carbocycles. The number of hydrogen-bond donors (Lipinski definition) is 2. The van der Waals surface area contributed by atoms with Crippen molar-refractivity contribution in [2.45, 2.75) is 32.3 Å². The van der Waals surface area contributed by atoms with E-state index < -0.39 is 6.10 Å². The zero-order chi connectivity index (χ0) is 19.8. The summed E-state index contributed by atoms with van der Waals surface area (Å²) in [6, 6.07) is 8.91. The van der Waals surface area contributed by atoms with Crippen LogP contribution < -0.4 is 18.9 Å². The normalized spacial score (nSPS) is 11.7. The molecule has 1 atom stereocenters. The van der Waals surface area contributed by atoms with Gasteiger partial charge >= 0.3 is 0 Å². The number of aryl methyl sites for hydroxylation is 1. The highest BCUT2D eigenvalue weighted by molar-refractivity contribution is 5.54. The summed E-state index contributed by atoms with van der Waals surface area (Å²) in [5, 5.41) is 19.5. The van der Waals surface area contributed by atoms with Gasteiger partial charge in [0.15, 0.2) is 23.0 Å². The molecule has 0 spiro atoms. The molecular formula is C21H28O6. The van der Waals surface area contributed by atoms with Gasteiger partial charge < -0.3 is 29.2 Å². The fraction of sp³-hybridized carbons (Fsp3) is 0.429. The Morgan fingerprint density at radius 3 is 2.00 bits per heavy atom. The number of ether oxygens (including phenoxy) is 4. The predicted molar refractivity (Wildman–Crippen MR) is 103 cm³/mol. The number of hydrogen-bond acceptors (Lipinski definition) is 6. The van der Waals surface area contributed by atoms with Crippen LogP contribution in [0.4, 0.5) is 0 Å². The molecule has 0 fully saturated rings. The van der Waals surface area contributed by atoms with Crippen LogP contribution in [0, 0.1) is 0 Å². The molecule has 6 nitrogen and oxygen atoms in total. The molecule has 0 aliphatic heterocycles. The Morgan fingerprint density at radius 2 is 1.48 bits per heavy atom. The van der Waals surface area contributed by atoms with Crippen LogP contribution in [0.1, 0.15) is 24.5 Å². The number of phenolic OH excluding ortho intramolecular Hbond substituents is 1. The molecule has 0 saturated carbocycles. The monoisotopic (exact) mass is 376 g/mol. The van der Waals surface area contributed by atoms with E-state index in [-0.39, 0.29) is 12.4 Å². The van der Waals surface area contributed by atoms with Crippen molar-refractivity contribution in [3.63, 3.8) is 0 Å². The molecule has 0 heterocycles. The van der Waals surface area contributed by atoms with Gasteiger partial charge in [-0.05, 0) is 41.8 Å². The summed E-state index contributed by atoms with van der Waals surface area (Å²) < 4.78 is 22.1. The minimum Gasteiger partial charge on any atom is -0.504 e. The second-order valence-corrected chi connectivity index (χ2v) is 6.21. The van der Waals surface area contributed by atoms with Crippen molar-refractivity contribution in [3.8, 4) is 28.7 Å². The Balaban J connectivity index is 2.27. The largest absolute Gasteiger partial charge is 0.504 e. The summed E-state index contributed by atoms with van der Waals surface area (Å²) in [4.78, 5) is 0. The molecule has 0 radical (unpaired) electrons. The van der Waals surface area contributed by atoms with Crippen LogP contribution in [-0.4, -0.2) is 44.3 Å². The fourth-order valence-corrected chi connectivity index (χ4v) is 2.91. The summed E-state index contributed by atoms with van der Waals surface area (Å²) in [7, 11) is 4.65. The second kappa shape index (κ2) is 9.92. The molecule has 0 aliphatic rings. The van der Waals surface area contributed by atoms with E-state index >= 15 is 0 Å². The summed E-state index contributed by atoms with van der Waals surface area (Å²) in [6.07, 6.45) is 1.83. The quantitative estimate of drug-likeness (QED) is 0.662. The van der Waals surface area contributed by atoms with Crippen LogP contribution in [0.2, 0.25) is 0 Å². The summed E-state index contributed by atoms with van der Waals surface area (Å²) in [5.74, 6) is 2.05. The number of aliphatic hydroxyl groups is 1. The van der Waals surface area contributed by atoms with Crippen molar-refractivity contribution in [2.24, 2.45) is 0 Å². The minimum absolute atomic E-state index is 0.0672. The van der Waals surface area contributed by atoms with E-state index in [9.17, 15) is 10.2 Å². The number of aromatic hydroxyl groups is 1. The molecule has 1 unspecified atom stereocenters. The third-order valence-corrected chi connectivity index (χ3v) is 4.25. The van der Waals surface area contributed by atoms with Crippen molar-refractivity contribution in [1.29, 1.82) is 0 Å². The van der Waals surface area contributed by atoms with Crippen LogP contribution >= 0.6 is 0 Å². The van der Waals surface area contributed by atoms with Gasteiger partial charge in [0.05, 0.1) is 27.9 Å². The lowest BCUT2D eigenvalue weighted by Crippen LogP contribution is -2.24. The lowest BCUT2D eigenvalue weighted by molar-refractivity contribution is 0.109. The Hall–Kier alpha value is -2.60. The van der Waals surface area contributed by atoms with Gasteiger partial charge in [-0.3, -0.25) is 0 Å². The summed E-state index contributed by atoms with van der Waals surface area (Å²) in [5.41, 5.74) is 1.96. The number of aliphatic hydroxyl groups excluding tert-OH is 1. The van der Waals surface area contributed by atoms with Gasteiger partial charge in [-0.1, -0.05) is 19.4 Å². The molecule has 148 valence electrons. The molecule has 0 aliphatic carbocycles. The van der Waals surface area contributed by atoms with Gasteiger partial charge in [-0.15, -0.1) is 0 Å². The van der Waals surface area contributed by atoms with E-state index in [0.717, 1.165) is 24.0 Å². The summed E-state index contributed by atoms with van der Waals surface area (Å²) >= 11 is 0. The van der Waals surface area contributed by atoms with Crippen molar-refractivity contribution in [2.75, 3.05) is 27.9 Å². The van der Waals surface area contributed by atoms with E-state index in [1.807, 2.05) is 12.1 Å². The number of benzene rings is 2. The smallest absolute Gasteiger partial charge is 0.203 e. The lowest BCUT2D eigenvalue weighted by atomic mass is 10.1. The molecule has 0 aromatic heterocycles. The maximum absolute atomic E-state index is 9.81. The van der Waals surface area contributed by atoms with Crippen molar-refractivity contribution >= 4 is 0 Å².